The van der Waals surface area contributed by atoms with Gasteiger partial charge in [-0.3, -0.25) is 0 Å². The minimum Gasteiger partial charge on any atom is -1.00 e. The summed E-state index contributed by atoms with van der Waals surface area (Å²) in [5.74, 6) is 0. The van der Waals surface area contributed by atoms with Crippen LogP contribution in [-0.4, -0.2) is 12.1 Å². The molecule has 2 aliphatic carbocycles. The van der Waals surface area contributed by atoms with Gasteiger partial charge in [0.2, 0.25) is 0 Å². The number of nitrogens with zero attached hydrogens (tertiary/aromatic N) is 1. The molecule has 4 heteroatoms. The van der Waals surface area contributed by atoms with Gasteiger partial charge >= 0.3 is 21.7 Å². The van der Waals surface area contributed by atoms with Gasteiger partial charge < -0.3 is 30.1 Å². The maximum absolute atomic E-state index is 5.45. The third kappa shape index (κ3) is 18.6. The van der Waals surface area contributed by atoms with E-state index in [4.69, 9.17) is 5.32 Å². The Morgan fingerprint density at radius 3 is 1.00 bits per heavy atom. The van der Waals surface area contributed by atoms with Gasteiger partial charge in [-0.25, -0.2) is 0 Å². The minimum absolute atomic E-state index is 0. The Bertz CT molecular complexity index is 556. The second-order valence-electron chi connectivity index (χ2n) is 11.7. The molecule has 0 bridgehead atoms. The van der Waals surface area contributed by atoms with Crippen LogP contribution in [0.3, 0.4) is 0 Å². The van der Waals surface area contributed by atoms with E-state index in [1.54, 1.807) is 0 Å². The molecule has 0 unspecified atom stereocenters. The van der Waals surface area contributed by atoms with Crippen LogP contribution in [-0.2, 0) is 21.7 Å². The zero-order valence-corrected chi connectivity index (χ0v) is 28.1. The predicted octanol–water partition coefficient (Wildman–Crippen LogP) is 5.35. The first-order chi connectivity index (χ1) is 16.6. The van der Waals surface area contributed by atoms with Crippen molar-refractivity contribution < 1.29 is 46.5 Å². The van der Waals surface area contributed by atoms with Crippen LogP contribution in [0.4, 0.5) is 0 Å². The first-order valence-corrected chi connectivity index (χ1v) is 15.5. The van der Waals surface area contributed by atoms with Crippen molar-refractivity contribution in [2.45, 2.75) is 181 Å². The molecule has 0 atom stereocenters. The van der Waals surface area contributed by atoms with Gasteiger partial charge in [-0.15, -0.1) is 12.1 Å². The third-order valence-corrected chi connectivity index (χ3v) is 8.75. The number of hydrogen-bond acceptors (Lipinski definition) is 0. The Morgan fingerprint density at radius 2 is 0.811 bits per heavy atom. The molecule has 0 aromatic heterocycles. The van der Waals surface area contributed by atoms with Crippen molar-refractivity contribution in [2.24, 2.45) is 0 Å². The fourth-order valence-electron chi connectivity index (χ4n) is 6.01. The van der Waals surface area contributed by atoms with Crippen LogP contribution < -0.4 is 24.8 Å². The van der Waals surface area contributed by atoms with Crippen LogP contribution in [0.5, 0.6) is 0 Å². The summed E-state index contributed by atoms with van der Waals surface area (Å²) in [6, 6.07) is 3.62. The molecule has 1 aromatic rings. The Kier molecular flexibility index (Phi) is 27.5. The van der Waals surface area contributed by atoms with E-state index < -0.39 is 0 Å². The number of halogens is 2. The Balaban J connectivity index is 0. The van der Waals surface area contributed by atoms with E-state index in [0.29, 0.717) is 12.1 Å². The summed E-state index contributed by atoms with van der Waals surface area (Å²) in [7, 11) is 0. The van der Waals surface area contributed by atoms with Gasteiger partial charge in [-0.05, 0) is 0 Å². The molecule has 3 rings (SSSR count). The first kappa shape index (κ1) is 39.7. The van der Waals surface area contributed by atoms with E-state index in [1.165, 1.54) is 164 Å². The van der Waals surface area contributed by atoms with E-state index in [1.807, 2.05) is 0 Å². The molecule has 0 aliphatic heterocycles. The second kappa shape index (κ2) is 25.6. The largest absolute Gasteiger partial charge is 4.00 e. The Morgan fingerprint density at radius 1 is 0.541 bits per heavy atom. The standard InChI is InChI=1S/C24H46N.C9H13.2ClH.Ti/c1-3-7-11-15-19-23(20-16-12-8-4-1)25-24-21-17-13-9-5-2-6-10-14-18-22-24;1-6-5-7(2)9(4)8(6)3;;;/h23-24H,1-22H2;5H,1-4H3;2*1H;/q2*-1;;;+4/p-2. The fraction of sp³-hybridized carbons (Fsp3) is 0.848. The molecule has 0 amide bonds. The van der Waals surface area contributed by atoms with Gasteiger partial charge in [-0.1, -0.05) is 169 Å². The van der Waals surface area contributed by atoms with E-state index >= 15 is 0 Å². The van der Waals surface area contributed by atoms with Crippen molar-refractivity contribution in [3.05, 3.63) is 33.6 Å². The number of aryl methyl sites for hydroxylation is 2. The predicted molar refractivity (Wildman–Crippen MR) is 153 cm³/mol. The van der Waals surface area contributed by atoms with E-state index in [0.717, 1.165) is 0 Å². The van der Waals surface area contributed by atoms with Crippen molar-refractivity contribution in [1.29, 1.82) is 0 Å². The zero-order chi connectivity index (χ0) is 24.4. The monoisotopic (exact) mass is 587 g/mol. The number of hydrogen-bond donors (Lipinski definition) is 0. The molecule has 0 heterocycles. The smallest absolute Gasteiger partial charge is 1.00 e. The molecule has 2 fully saturated rings. The molecule has 2 saturated carbocycles. The Hall–Kier alpha value is 0.604. The second-order valence-corrected chi connectivity index (χ2v) is 11.7. The molecule has 0 radical (unpaired) electrons. The number of rotatable bonds is 2. The van der Waals surface area contributed by atoms with Crippen LogP contribution in [0.1, 0.15) is 164 Å². The van der Waals surface area contributed by atoms with Gasteiger partial charge in [0, 0.05) is 0 Å². The summed E-state index contributed by atoms with van der Waals surface area (Å²) >= 11 is 0. The van der Waals surface area contributed by atoms with Crippen molar-refractivity contribution in [2.75, 3.05) is 0 Å². The van der Waals surface area contributed by atoms with Crippen molar-refractivity contribution in [3.8, 4) is 0 Å². The van der Waals surface area contributed by atoms with E-state index in [-0.39, 0.29) is 46.5 Å². The first-order valence-electron chi connectivity index (χ1n) is 15.5. The maximum atomic E-state index is 5.45. The quantitative estimate of drug-likeness (QED) is 0.327. The summed E-state index contributed by atoms with van der Waals surface area (Å²) in [6.45, 7) is 8.68. The van der Waals surface area contributed by atoms with Crippen LogP contribution in [0, 0.1) is 27.7 Å². The SMILES string of the molecule is C1CCCCCC([N-]C2CCCCCCCCCCC2)CCCCC1.Cc1c[c-](C)c(C)c1C.[Cl-].[Cl-].[Ti+4]. The molecule has 2 aliphatic rings. The molecule has 37 heavy (non-hydrogen) atoms. The summed E-state index contributed by atoms with van der Waals surface area (Å²) in [6.07, 6.45) is 31.8. The van der Waals surface area contributed by atoms with Gasteiger partial charge in [0.25, 0.3) is 0 Å². The molecule has 0 spiro atoms. The average Bonchev–Trinajstić information content (AvgIpc) is 3.03. The molecule has 0 saturated heterocycles. The van der Waals surface area contributed by atoms with Crippen molar-refractivity contribution in [3.63, 3.8) is 0 Å². The van der Waals surface area contributed by atoms with Crippen molar-refractivity contribution in [1.82, 2.24) is 0 Å². The normalized spacial score (nSPS) is 20.0. The van der Waals surface area contributed by atoms with Crippen LogP contribution in [0.25, 0.3) is 5.32 Å². The molecular weight excluding hydrogens is 529 g/mol. The molecule has 214 valence electrons. The topological polar surface area (TPSA) is 14.1 Å². The van der Waals surface area contributed by atoms with E-state index in [2.05, 4.69) is 33.8 Å². The summed E-state index contributed by atoms with van der Waals surface area (Å²) in [5, 5.41) is 5.45. The average molecular weight is 589 g/mol. The van der Waals surface area contributed by atoms with Gasteiger partial charge in [0.05, 0.1) is 0 Å². The minimum atomic E-state index is 0. The Labute approximate surface area is 259 Å². The summed E-state index contributed by atoms with van der Waals surface area (Å²) in [4.78, 5) is 0. The van der Waals surface area contributed by atoms with Crippen molar-refractivity contribution >= 4 is 0 Å². The molecule has 1 aromatic carbocycles. The zero-order valence-electron chi connectivity index (χ0n) is 25.0. The maximum Gasteiger partial charge on any atom is 4.00 e. The molecule has 0 N–H and O–H groups in total. The van der Waals surface area contributed by atoms with E-state index in [9.17, 15) is 0 Å². The fourth-order valence-corrected chi connectivity index (χ4v) is 6.01. The van der Waals surface area contributed by atoms with Gasteiger partial charge in [0.1, 0.15) is 0 Å². The third-order valence-electron chi connectivity index (χ3n) is 8.75. The van der Waals surface area contributed by atoms with Crippen LogP contribution in [0.2, 0.25) is 0 Å². The summed E-state index contributed by atoms with van der Waals surface area (Å²) in [5.41, 5.74) is 5.75. The molecule has 1 nitrogen and oxygen atoms in total. The van der Waals surface area contributed by atoms with Gasteiger partial charge in [0.15, 0.2) is 0 Å². The molecular formula is C33H59Cl2NTi. The van der Waals surface area contributed by atoms with Crippen LogP contribution >= 0.6 is 0 Å². The van der Waals surface area contributed by atoms with Gasteiger partial charge in [-0.2, -0.15) is 28.3 Å². The summed E-state index contributed by atoms with van der Waals surface area (Å²) < 4.78 is 0. The van der Waals surface area contributed by atoms with Crippen LogP contribution in [0.15, 0.2) is 6.07 Å².